The number of alkyl halides is 1. The van der Waals surface area contributed by atoms with Crippen molar-refractivity contribution in [3.63, 3.8) is 0 Å². The van der Waals surface area contributed by atoms with E-state index in [4.69, 9.17) is 16.3 Å². The minimum absolute atomic E-state index is 0.120. The van der Waals surface area contributed by atoms with Crippen LogP contribution < -0.4 is 0 Å². The fourth-order valence-corrected chi connectivity index (χ4v) is 2.08. The monoisotopic (exact) mass is 268 g/mol. The molecule has 1 aromatic rings. The van der Waals surface area contributed by atoms with Crippen LogP contribution in [0, 0.1) is 0 Å². The Morgan fingerprint density at radius 3 is 2.50 bits per heavy atom. The largest absolute Gasteiger partial charge is 0.466 e. The maximum atomic E-state index is 11.2. The fourth-order valence-electron chi connectivity index (χ4n) is 1.83. The fraction of sp³-hybridized carbons (Fsp3) is 0.533. The predicted molar refractivity (Wildman–Crippen MR) is 74.9 cm³/mol. The second kappa shape index (κ2) is 8.15. The van der Waals surface area contributed by atoms with Gasteiger partial charge in [0, 0.05) is 6.42 Å². The van der Waals surface area contributed by atoms with Gasteiger partial charge < -0.3 is 4.74 Å². The molecule has 1 atom stereocenters. The van der Waals surface area contributed by atoms with Crippen molar-refractivity contribution in [1.29, 1.82) is 0 Å². The summed E-state index contributed by atoms with van der Waals surface area (Å²) in [5, 5.41) is -0.120. The Balaban J connectivity index is 2.45. The summed E-state index contributed by atoms with van der Waals surface area (Å²) in [6.45, 7) is 4.40. The smallest absolute Gasteiger partial charge is 0.305 e. The van der Waals surface area contributed by atoms with Crippen LogP contribution in [0.5, 0.6) is 0 Å². The van der Waals surface area contributed by atoms with E-state index >= 15 is 0 Å². The van der Waals surface area contributed by atoms with Crippen molar-refractivity contribution in [3.05, 3.63) is 35.4 Å². The van der Waals surface area contributed by atoms with Crippen molar-refractivity contribution in [2.45, 2.75) is 44.9 Å². The van der Waals surface area contributed by atoms with Crippen LogP contribution in [0.25, 0.3) is 0 Å². The second-order valence-electron chi connectivity index (χ2n) is 4.30. The highest BCUT2D eigenvalue weighted by molar-refractivity contribution is 6.20. The van der Waals surface area contributed by atoms with Gasteiger partial charge in [-0.1, -0.05) is 37.6 Å². The summed E-state index contributed by atoms with van der Waals surface area (Å²) in [5.41, 5.74) is 2.40. The summed E-state index contributed by atoms with van der Waals surface area (Å²) in [6.07, 6.45) is 3.23. The van der Waals surface area contributed by atoms with E-state index in [1.807, 2.05) is 19.1 Å². The summed E-state index contributed by atoms with van der Waals surface area (Å²) in [7, 11) is 0. The highest BCUT2D eigenvalue weighted by Gasteiger charge is 2.11. The first-order valence-corrected chi connectivity index (χ1v) is 6.99. The van der Waals surface area contributed by atoms with Gasteiger partial charge in [0.05, 0.1) is 12.0 Å². The number of hydrogen-bond acceptors (Lipinski definition) is 2. The van der Waals surface area contributed by atoms with E-state index in [0.29, 0.717) is 19.4 Å². The molecule has 1 aromatic carbocycles. The van der Waals surface area contributed by atoms with Crippen molar-refractivity contribution in [3.8, 4) is 0 Å². The molecule has 0 radical (unpaired) electrons. The molecule has 0 aliphatic heterocycles. The zero-order valence-electron chi connectivity index (χ0n) is 11.1. The lowest BCUT2D eigenvalue weighted by atomic mass is 10.0. The van der Waals surface area contributed by atoms with Crippen LogP contribution in [0.1, 0.15) is 49.6 Å². The molecule has 2 nitrogen and oxygen atoms in total. The van der Waals surface area contributed by atoms with Gasteiger partial charge >= 0.3 is 5.97 Å². The molecule has 1 rings (SSSR count). The summed E-state index contributed by atoms with van der Waals surface area (Å²) < 4.78 is 4.88. The standard InChI is InChI=1S/C15H21ClO2/c1-3-5-12-6-8-13(9-7-12)14(16)10-11-15(17)18-4-2/h6-9,14H,3-5,10-11H2,1-2H3. The molecule has 0 aliphatic rings. The third-order valence-corrected chi connectivity index (χ3v) is 3.26. The molecule has 0 aromatic heterocycles. The molecular weight excluding hydrogens is 248 g/mol. The normalized spacial score (nSPS) is 12.2. The molecule has 0 saturated carbocycles. The minimum Gasteiger partial charge on any atom is -0.466 e. The number of carbonyl (C=O) groups excluding carboxylic acids is 1. The quantitative estimate of drug-likeness (QED) is 0.545. The third-order valence-electron chi connectivity index (χ3n) is 2.79. The Morgan fingerprint density at radius 2 is 1.94 bits per heavy atom. The molecule has 0 fully saturated rings. The SMILES string of the molecule is CCCc1ccc(C(Cl)CCC(=O)OCC)cc1. The van der Waals surface area contributed by atoms with Gasteiger partial charge in [0.1, 0.15) is 0 Å². The number of ether oxygens (including phenoxy) is 1. The Bertz CT molecular complexity index is 359. The molecule has 100 valence electrons. The van der Waals surface area contributed by atoms with Crippen molar-refractivity contribution in [2.24, 2.45) is 0 Å². The molecular formula is C15H21ClO2. The molecule has 1 unspecified atom stereocenters. The zero-order valence-corrected chi connectivity index (χ0v) is 11.9. The molecule has 0 bridgehead atoms. The molecule has 0 aliphatic carbocycles. The van der Waals surface area contributed by atoms with E-state index in [2.05, 4.69) is 19.1 Å². The first-order chi connectivity index (χ1) is 8.67. The van der Waals surface area contributed by atoms with Crippen LogP contribution in [-0.2, 0) is 16.0 Å². The average molecular weight is 269 g/mol. The highest BCUT2D eigenvalue weighted by Crippen LogP contribution is 2.26. The lowest BCUT2D eigenvalue weighted by molar-refractivity contribution is -0.143. The van der Waals surface area contributed by atoms with Crippen LogP contribution in [0.3, 0.4) is 0 Å². The van der Waals surface area contributed by atoms with Crippen LogP contribution in [0.2, 0.25) is 0 Å². The topological polar surface area (TPSA) is 26.3 Å². The highest BCUT2D eigenvalue weighted by atomic mass is 35.5. The van der Waals surface area contributed by atoms with Crippen molar-refractivity contribution in [2.75, 3.05) is 6.61 Å². The zero-order chi connectivity index (χ0) is 13.4. The van der Waals surface area contributed by atoms with Gasteiger partial charge in [0.15, 0.2) is 0 Å². The molecule has 0 heterocycles. The Morgan fingerprint density at radius 1 is 1.28 bits per heavy atom. The predicted octanol–water partition coefficient (Wildman–Crippen LogP) is 4.26. The van der Waals surface area contributed by atoms with E-state index in [9.17, 15) is 4.79 Å². The summed E-state index contributed by atoms with van der Waals surface area (Å²) in [6, 6.07) is 8.32. The van der Waals surface area contributed by atoms with Gasteiger partial charge in [-0.05, 0) is 30.9 Å². The van der Waals surface area contributed by atoms with Crippen molar-refractivity contribution < 1.29 is 9.53 Å². The Kier molecular flexibility index (Phi) is 6.81. The van der Waals surface area contributed by atoms with Gasteiger partial charge in [0.25, 0.3) is 0 Å². The van der Waals surface area contributed by atoms with E-state index in [1.165, 1.54) is 5.56 Å². The number of esters is 1. The maximum Gasteiger partial charge on any atom is 0.305 e. The van der Waals surface area contributed by atoms with Crippen LogP contribution in [0.15, 0.2) is 24.3 Å². The van der Waals surface area contributed by atoms with Crippen LogP contribution in [-0.4, -0.2) is 12.6 Å². The molecule has 0 spiro atoms. The number of aryl methyl sites for hydroxylation is 1. The van der Waals surface area contributed by atoms with Crippen LogP contribution >= 0.6 is 11.6 Å². The summed E-state index contributed by atoms with van der Waals surface area (Å²) >= 11 is 6.27. The maximum absolute atomic E-state index is 11.2. The van der Waals surface area contributed by atoms with Crippen molar-refractivity contribution in [1.82, 2.24) is 0 Å². The Hall–Kier alpha value is -1.02. The van der Waals surface area contributed by atoms with E-state index < -0.39 is 0 Å². The lowest BCUT2D eigenvalue weighted by Crippen LogP contribution is -2.05. The summed E-state index contributed by atoms with van der Waals surface area (Å²) in [4.78, 5) is 11.2. The first-order valence-electron chi connectivity index (χ1n) is 6.55. The molecule has 18 heavy (non-hydrogen) atoms. The van der Waals surface area contributed by atoms with E-state index in [-0.39, 0.29) is 11.3 Å². The van der Waals surface area contributed by atoms with E-state index in [0.717, 1.165) is 18.4 Å². The third kappa shape index (κ3) is 5.09. The second-order valence-corrected chi connectivity index (χ2v) is 4.83. The number of halogens is 1. The lowest BCUT2D eigenvalue weighted by Gasteiger charge is -2.10. The van der Waals surface area contributed by atoms with Gasteiger partial charge in [-0.15, -0.1) is 11.6 Å². The average Bonchev–Trinajstić information content (AvgIpc) is 2.37. The summed E-state index contributed by atoms with van der Waals surface area (Å²) in [5.74, 6) is -0.175. The van der Waals surface area contributed by atoms with Crippen LogP contribution in [0.4, 0.5) is 0 Å². The molecule has 0 saturated heterocycles. The molecule has 3 heteroatoms. The van der Waals surface area contributed by atoms with Gasteiger partial charge in [-0.25, -0.2) is 0 Å². The first kappa shape index (κ1) is 15.0. The molecule has 0 amide bonds. The number of rotatable bonds is 7. The number of carbonyl (C=O) groups is 1. The van der Waals surface area contributed by atoms with Gasteiger partial charge in [0.2, 0.25) is 0 Å². The van der Waals surface area contributed by atoms with E-state index in [1.54, 1.807) is 0 Å². The molecule has 0 N–H and O–H groups in total. The van der Waals surface area contributed by atoms with Gasteiger partial charge in [-0.3, -0.25) is 4.79 Å². The minimum atomic E-state index is -0.175. The van der Waals surface area contributed by atoms with Gasteiger partial charge in [-0.2, -0.15) is 0 Å². The van der Waals surface area contributed by atoms with Crippen molar-refractivity contribution >= 4 is 17.6 Å². The number of hydrogen-bond donors (Lipinski definition) is 0. The Labute approximate surface area is 114 Å². The number of benzene rings is 1.